The van der Waals surface area contributed by atoms with Gasteiger partial charge in [-0.05, 0) is 79.6 Å². The summed E-state index contributed by atoms with van der Waals surface area (Å²) in [6, 6.07) is 20.8. The number of furan rings is 1. The largest absolute Gasteiger partial charge is 0.449 e. The Hall–Kier alpha value is -3.20. The number of anilines is 3. The molecule has 0 radical (unpaired) electrons. The van der Waals surface area contributed by atoms with Gasteiger partial charge in [-0.2, -0.15) is 0 Å². The summed E-state index contributed by atoms with van der Waals surface area (Å²) < 4.78 is 12.7. The quantitative estimate of drug-likeness (QED) is 0.313. The number of aryl methyl sites for hydroxylation is 1. The Morgan fingerprint density at radius 1 is 0.786 bits per heavy atom. The van der Waals surface area contributed by atoms with Crippen molar-refractivity contribution in [2.75, 3.05) is 4.90 Å². The van der Waals surface area contributed by atoms with Crippen molar-refractivity contribution in [3.8, 4) is 11.5 Å². The summed E-state index contributed by atoms with van der Waals surface area (Å²) in [5, 5.41) is 1.01. The summed E-state index contributed by atoms with van der Waals surface area (Å²) in [4.78, 5) is 2.26. The van der Waals surface area contributed by atoms with E-state index in [1.165, 1.54) is 35.2 Å². The maximum Gasteiger partial charge on any atom is 0.249 e. The highest BCUT2D eigenvalue weighted by Gasteiger charge is 2.33. The molecule has 0 saturated carbocycles. The van der Waals surface area contributed by atoms with E-state index in [0.717, 1.165) is 46.9 Å². The van der Waals surface area contributed by atoms with Crippen LogP contribution in [0.3, 0.4) is 0 Å². The third-order valence-electron chi connectivity index (χ3n) is 6.04. The minimum absolute atomic E-state index is 0.775. The molecule has 0 N–H and O–H groups in total. The third-order valence-corrected chi connectivity index (χ3v) is 6.04. The molecule has 2 heterocycles. The smallest absolute Gasteiger partial charge is 0.249 e. The summed E-state index contributed by atoms with van der Waals surface area (Å²) in [7, 11) is 0. The summed E-state index contributed by atoms with van der Waals surface area (Å²) in [6.45, 7) is 2.23. The molecule has 2 aliphatic rings. The molecule has 0 unspecified atom stereocenters. The van der Waals surface area contributed by atoms with E-state index in [1.54, 1.807) is 0 Å². The highest BCUT2D eigenvalue weighted by Crippen LogP contribution is 2.55. The van der Waals surface area contributed by atoms with Crippen LogP contribution < -0.4 is 9.64 Å². The highest BCUT2D eigenvalue weighted by molar-refractivity contribution is 5.96. The first-order chi connectivity index (χ1) is 13.8. The van der Waals surface area contributed by atoms with Crippen molar-refractivity contribution in [3.05, 3.63) is 77.4 Å². The van der Waals surface area contributed by atoms with Crippen LogP contribution >= 0.6 is 0 Å². The van der Waals surface area contributed by atoms with Gasteiger partial charge in [0.1, 0.15) is 5.58 Å². The van der Waals surface area contributed by atoms with Crippen LogP contribution in [0.5, 0.6) is 11.5 Å². The van der Waals surface area contributed by atoms with Gasteiger partial charge >= 0.3 is 0 Å². The molecule has 3 heteroatoms. The van der Waals surface area contributed by atoms with E-state index >= 15 is 0 Å². The summed E-state index contributed by atoms with van der Waals surface area (Å²) >= 11 is 0. The number of para-hydroxylation sites is 3. The maximum atomic E-state index is 6.34. The van der Waals surface area contributed by atoms with Gasteiger partial charge in [-0.25, -0.2) is 0 Å². The van der Waals surface area contributed by atoms with Crippen molar-refractivity contribution in [1.82, 2.24) is 0 Å². The monoisotopic (exact) mass is 367 g/mol. The molecule has 6 rings (SSSR count). The van der Waals surface area contributed by atoms with Gasteiger partial charge in [-0.15, -0.1) is 0 Å². The Labute approximate surface area is 164 Å². The van der Waals surface area contributed by atoms with E-state index in [-0.39, 0.29) is 0 Å². The Kier molecular flexibility index (Phi) is 3.33. The predicted molar refractivity (Wildman–Crippen MR) is 112 cm³/mol. The van der Waals surface area contributed by atoms with Crippen LogP contribution in [-0.4, -0.2) is 0 Å². The molecule has 0 bridgehead atoms. The second-order valence-corrected chi connectivity index (χ2v) is 7.70. The van der Waals surface area contributed by atoms with Crippen LogP contribution in [0.4, 0.5) is 17.3 Å². The van der Waals surface area contributed by atoms with Crippen LogP contribution in [0.15, 0.2) is 65.1 Å². The Bertz CT molecular complexity index is 1220. The van der Waals surface area contributed by atoms with Gasteiger partial charge < -0.3 is 9.15 Å². The predicted octanol–water partition coefficient (Wildman–Crippen LogP) is 7.20. The lowest BCUT2D eigenvalue weighted by Crippen LogP contribution is -2.18. The Morgan fingerprint density at radius 3 is 2.50 bits per heavy atom. The lowest BCUT2D eigenvalue weighted by atomic mass is 9.87. The molecule has 0 saturated heterocycles. The average molecular weight is 367 g/mol. The fourth-order valence-corrected chi connectivity index (χ4v) is 4.68. The standard InChI is InChI=1S/C25H21NO2/c1-16-14-15-20(18-9-3-2-8-17(16)18)26-21-11-5-7-13-23(21)27-24-19-10-4-6-12-22(19)28-25(24)26/h4-7,10-15H,2-3,8-9H2,1H3. The molecular weight excluding hydrogens is 346 g/mol. The van der Waals surface area contributed by atoms with Crippen LogP contribution in [0, 0.1) is 6.92 Å². The second kappa shape index (κ2) is 5.90. The zero-order valence-electron chi connectivity index (χ0n) is 15.9. The first-order valence-corrected chi connectivity index (χ1v) is 10.0. The topological polar surface area (TPSA) is 25.6 Å². The Morgan fingerprint density at radius 2 is 1.57 bits per heavy atom. The molecule has 0 amide bonds. The lowest BCUT2D eigenvalue weighted by Gasteiger charge is -2.33. The number of fused-ring (bicyclic) bond motifs is 5. The molecule has 4 aromatic rings. The van der Waals surface area contributed by atoms with E-state index in [4.69, 9.17) is 9.15 Å². The molecule has 3 aromatic carbocycles. The van der Waals surface area contributed by atoms with E-state index < -0.39 is 0 Å². The van der Waals surface area contributed by atoms with Crippen molar-refractivity contribution in [2.24, 2.45) is 0 Å². The highest BCUT2D eigenvalue weighted by atomic mass is 16.5. The van der Waals surface area contributed by atoms with Crippen molar-refractivity contribution in [2.45, 2.75) is 32.6 Å². The zero-order chi connectivity index (χ0) is 18.7. The lowest BCUT2D eigenvalue weighted by molar-refractivity contribution is 0.463. The first-order valence-electron chi connectivity index (χ1n) is 10.0. The van der Waals surface area contributed by atoms with Gasteiger partial charge in [0, 0.05) is 0 Å². The van der Waals surface area contributed by atoms with Crippen molar-refractivity contribution >= 4 is 28.2 Å². The van der Waals surface area contributed by atoms with E-state index in [9.17, 15) is 0 Å². The van der Waals surface area contributed by atoms with Crippen LogP contribution in [0.1, 0.15) is 29.5 Å². The second-order valence-electron chi connectivity index (χ2n) is 7.70. The van der Waals surface area contributed by atoms with Crippen LogP contribution in [0.2, 0.25) is 0 Å². The molecular formula is C25H21NO2. The number of rotatable bonds is 1. The fraction of sp³-hybridized carbons (Fsp3) is 0.200. The molecule has 1 aliphatic heterocycles. The zero-order valence-corrected chi connectivity index (χ0v) is 15.9. The van der Waals surface area contributed by atoms with Crippen molar-refractivity contribution < 1.29 is 9.15 Å². The molecule has 0 spiro atoms. The SMILES string of the molecule is Cc1ccc(N2c3ccccc3Oc3c2oc2ccccc32)c2c1CCCC2. The third kappa shape index (κ3) is 2.16. The minimum Gasteiger partial charge on any atom is -0.449 e. The van der Waals surface area contributed by atoms with Crippen LogP contribution in [0.25, 0.3) is 11.0 Å². The molecule has 1 aliphatic carbocycles. The summed E-state index contributed by atoms with van der Waals surface area (Å²) in [6.07, 6.45) is 4.78. The van der Waals surface area contributed by atoms with Crippen molar-refractivity contribution in [1.29, 1.82) is 0 Å². The number of hydrogen-bond donors (Lipinski definition) is 0. The number of benzene rings is 3. The minimum atomic E-state index is 0.775. The van der Waals surface area contributed by atoms with Crippen LogP contribution in [-0.2, 0) is 12.8 Å². The number of hydrogen-bond acceptors (Lipinski definition) is 3. The summed E-state index contributed by atoms with van der Waals surface area (Å²) in [5.74, 6) is 2.45. The van der Waals surface area contributed by atoms with Gasteiger partial charge in [-0.3, -0.25) is 4.90 Å². The van der Waals surface area contributed by atoms with Gasteiger partial charge in [-0.1, -0.05) is 30.3 Å². The molecule has 0 atom stereocenters. The first kappa shape index (κ1) is 15.8. The molecule has 1 aromatic heterocycles. The fourth-order valence-electron chi connectivity index (χ4n) is 4.68. The van der Waals surface area contributed by atoms with Gasteiger partial charge in [0.05, 0.1) is 16.8 Å². The van der Waals surface area contributed by atoms with E-state index in [0.29, 0.717) is 0 Å². The summed E-state index contributed by atoms with van der Waals surface area (Å²) in [5.41, 5.74) is 7.46. The maximum absolute atomic E-state index is 6.34. The number of nitrogens with zero attached hydrogens (tertiary/aromatic N) is 1. The normalized spacial score (nSPS) is 15.0. The van der Waals surface area contributed by atoms with E-state index in [2.05, 4.69) is 42.2 Å². The van der Waals surface area contributed by atoms with Gasteiger partial charge in [0.15, 0.2) is 11.5 Å². The molecule has 0 fully saturated rings. The van der Waals surface area contributed by atoms with Crippen molar-refractivity contribution in [3.63, 3.8) is 0 Å². The Balaban J connectivity index is 1.66. The van der Waals surface area contributed by atoms with Gasteiger partial charge in [0.25, 0.3) is 0 Å². The van der Waals surface area contributed by atoms with Gasteiger partial charge in [0.2, 0.25) is 5.88 Å². The molecule has 138 valence electrons. The van der Waals surface area contributed by atoms with E-state index in [1.807, 2.05) is 30.3 Å². The average Bonchev–Trinajstić information content (AvgIpc) is 3.11. The number of ether oxygens (including phenoxy) is 1. The molecule has 28 heavy (non-hydrogen) atoms. The molecule has 3 nitrogen and oxygen atoms in total.